The van der Waals surface area contributed by atoms with Gasteiger partial charge >= 0.3 is 0 Å². The number of benzene rings is 5. The van der Waals surface area contributed by atoms with Crippen molar-refractivity contribution in [2.75, 3.05) is 26.9 Å². The number of carbonyl (C=O) groups excluding carboxylic acids is 1. The Morgan fingerprint density at radius 1 is 0.778 bits per heavy atom. The Balaban J connectivity index is 1.24. The van der Waals surface area contributed by atoms with Crippen molar-refractivity contribution >= 4 is 22.4 Å². The smallest absolute Gasteiger partial charge is 0.239 e. The number of aliphatic hydroxyl groups is 2. The van der Waals surface area contributed by atoms with Gasteiger partial charge in [-0.25, -0.2) is 0 Å². The number of fused-ring (bicyclic) bond motifs is 3. The van der Waals surface area contributed by atoms with Crippen LogP contribution in [0.3, 0.4) is 0 Å². The fourth-order valence-corrected chi connectivity index (χ4v) is 12.0. The van der Waals surface area contributed by atoms with Gasteiger partial charge in [-0.3, -0.25) is 4.79 Å². The molecule has 8 rings (SSSR count). The van der Waals surface area contributed by atoms with Crippen LogP contribution in [-0.4, -0.2) is 65.5 Å². The minimum atomic E-state index is -1.36. The standard InChI is InChI=1S/C63H78N2O7/c1-4-6-7-8-9-10-11-12-16-32-60(68)65(45-50-29-23-28-48-26-17-18-30-53(48)50)59-44-57(64-69-3)55-42-49(27-19-21-39-66)54(31-20-22-40-67)61-56-43-52(37-38-58(56)72-63(59,62(55)61)70-41-5-2)71-51-35-33-47(34-36-51)46-24-14-13-15-25-46/h5,13-15,17-18,23-26,28-30,33-38,42-43,49,54,59,61-62,66-67H,2,4,6-12,16,19-22,27,31-32,39-41,44-45H2,1,3H3. The van der Waals surface area contributed by atoms with E-state index in [0.717, 1.165) is 95.0 Å². The molecule has 382 valence electrons. The second-order valence-corrected chi connectivity index (χ2v) is 20.2. The van der Waals surface area contributed by atoms with Crippen LogP contribution in [0.1, 0.15) is 133 Å². The highest BCUT2D eigenvalue weighted by atomic mass is 16.7. The van der Waals surface area contributed by atoms with E-state index in [1.165, 1.54) is 38.5 Å². The van der Waals surface area contributed by atoms with Gasteiger partial charge in [-0.15, -0.1) is 6.58 Å². The largest absolute Gasteiger partial charge is 0.459 e. The Bertz CT molecular complexity index is 2570. The first-order valence-corrected chi connectivity index (χ1v) is 27.1. The summed E-state index contributed by atoms with van der Waals surface area (Å²) in [5.74, 6) is 0.438. The van der Waals surface area contributed by atoms with Gasteiger partial charge < -0.3 is 34.2 Å². The number of aliphatic hydroxyl groups excluding tert-OH is 2. The quantitative estimate of drug-likeness (QED) is 0.0292. The number of carbonyl (C=O) groups is 1. The van der Waals surface area contributed by atoms with Crippen molar-refractivity contribution in [2.24, 2.45) is 22.9 Å². The number of unbranched alkanes of at least 4 members (excludes halogenated alkanes) is 10. The van der Waals surface area contributed by atoms with Crippen LogP contribution in [0.5, 0.6) is 17.2 Å². The molecular weight excluding hydrogens is 897 g/mol. The summed E-state index contributed by atoms with van der Waals surface area (Å²) < 4.78 is 21.6. The third-order valence-corrected chi connectivity index (χ3v) is 15.5. The number of amides is 1. The fourth-order valence-electron chi connectivity index (χ4n) is 12.0. The molecule has 5 aromatic rings. The zero-order valence-electron chi connectivity index (χ0n) is 42.9. The maximum absolute atomic E-state index is 15.4. The van der Waals surface area contributed by atoms with Crippen molar-refractivity contribution in [2.45, 2.75) is 140 Å². The van der Waals surface area contributed by atoms with Crippen LogP contribution in [0.4, 0.5) is 0 Å². The molecule has 5 aromatic carbocycles. The van der Waals surface area contributed by atoms with Crippen molar-refractivity contribution < 1.29 is 34.1 Å². The zero-order chi connectivity index (χ0) is 50.1. The number of ether oxygens (including phenoxy) is 3. The third-order valence-electron chi connectivity index (χ3n) is 15.5. The number of hydrogen-bond acceptors (Lipinski definition) is 8. The van der Waals surface area contributed by atoms with Gasteiger partial charge in [-0.1, -0.05) is 173 Å². The maximum Gasteiger partial charge on any atom is 0.239 e. The summed E-state index contributed by atoms with van der Waals surface area (Å²) in [6, 6.07) is 38.8. The normalized spacial score (nSPS) is 21.6. The Kier molecular flexibility index (Phi) is 19.2. The topological polar surface area (TPSA) is 110 Å². The monoisotopic (exact) mass is 975 g/mol. The molecule has 9 nitrogen and oxygen atoms in total. The molecule has 1 saturated carbocycles. The molecule has 3 aliphatic rings. The average molecular weight is 975 g/mol. The van der Waals surface area contributed by atoms with Gasteiger partial charge in [0.2, 0.25) is 11.7 Å². The van der Waals surface area contributed by atoms with Crippen molar-refractivity contribution in [3.05, 3.63) is 151 Å². The molecule has 0 spiro atoms. The molecule has 9 heteroatoms. The molecule has 72 heavy (non-hydrogen) atoms. The van der Waals surface area contributed by atoms with Gasteiger partial charge in [0.1, 0.15) is 30.4 Å². The molecule has 0 radical (unpaired) electrons. The lowest BCUT2D eigenvalue weighted by Crippen LogP contribution is -2.70. The Morgan fingerprint density at radius 3 is 2.19 bits per heavy atom. The lowest BCUT2D eigenvalue weighted by Gasteiger charge is -2.60. The lowest BCUT2D eigenvalue weighted by molar-refractivity contribution is -0.258. The molecule has 6 atom stereocenters. The molecule has 6 unspecified atom stereocenters. The molecule has 1 amide bonds. The van der Waals surface area contributed by atoms with Crippen molar-refractivity contribution in [3.8, 4) is 28.4 Å². The molecule has 2 aliphatic carbocycles. The summed E-state index contributed by atoms with van der Waals surface area (Å²) in [4.78, 5) is 23.3. The number of allylic oxidation sites excluding steroid dienone is 1. The fraction of sp³-hybridized carbons (Fsp3) is 0.460. The summed E-state index contributed by atoms with van der Waals surface area (Å²) in [6.07, 6.45) is 20.2. The zero-order valence-corrected chi connectivity index (χ0v) is 42.9. The van der Waals surface area contributed by atoms with E-state index in [1.54, 1.807) is 13.2 Å². The second-order valence-electron chi connectivity index (χ2n) is 20.2. The summed E-state index contributed by atoms with van der Waals surface area (Å²) in [5, 5.41) is 27.2. The molecule has 0 bridgehead atoms. The Hall–Kier alpha value is -5.74. The van der Waals surface area contributed by atoms with Crippen LogP contribution in [-0.2, 0) is 20.9 Å². The number of nitrogens with zero attached hydrogens (tertiary/aromatic N) is 2. The van der Waals surface area contributed by atoms with E-state index in [0.29, 0.717) is 43.7 Å². The molecule has 0 saturated heterocycles. The summed E-state index contributed by atoms with van der Waals surface area (Å²) in [7, 11) is 1.60. The first-order valence-electron chi connectivity index (χ1n) is 27.1. The van der Waals surface area contributed by atoms with Gasteiger partial charge in [0.15, 0.2) is 0 Å². The van der Waals surface area contributed by atoms with Crippen LogP contribution >= 0.6 is 0 Å². The van der Waals surface area contributed by atoms with E-state index in [9.17, 15) is 10.2 Å². The van der Waals surface area contributed by atoms with Crippen molar-refractivity contribution in [1.82, 2.24) is 4.90 Å². The summed E-state index contributed by atoms with van der Waals surface area (Å²) in [5.41, 5.74) is 6.12. The highest BCUT2D eigenvalue weighted by molar-refractivity contribution is 6.03. The van der Waals surface area contributed by atoms with Gasteiger partial charge in [-0.2, -0.15) is 0 Å². The van der Waals surface area contributed by atoms with E-state index >= 15 is 4.79 Å². The van der Waals surface area contributed by atoms with Crippen LogP contribution in [0.2, 0.25) is 0 Å². The first-order chi connectivity index (χ1) is 35.4. The van der Waals surface area contributed by atoms with Gasteiger partial charge in [0, 0.05) is 44.1 Å². The Morgan fingerprint density at radius 2 is 1.46 bits per heavy atom. The van der Waals surface area contributed by atoms with E-state index in [4.69, 9.17) is 24.2 Å². The summed E-state index contributed by atoms with van der Waals surface area (Å²) in [6.45, 7) is 7.19. The highest BCUT2D eigenvalue weighted by Crippen LogP contribution is 2.62. The second kappa shape index (κ2) is 26.3. The van der Waals surface area contributed by atoms with Gasteiger partial charge in [0.25, 0.3) is 0 Å². The SMILES string of the molecule is C=CCOC12Oc3ccc(Oc4ccc(-c5ccccc5)cc4)cc3C3C(CCCCO)C(CCCCO)C=C(C(=NOC)CC1N(Cc1cccc4ccccc14)C(=O)CCCCCCCCCCC)C32. The molecule has 1 fully saturated rings. The van der Waals surface area contributed by atoms with Crippen LogP contribution in [0.25, 0.3) is 21.9 Å². The molecular formula is C63H78N2O7. The number of oxime groups is 1. The number of rotatable bonds is 28. The lowest BCUT2D eigenvalue weighted by atomic mass is 9.55. The minimum absolute atomic E-state index is 0.0619. The highest BCUT2D eigenvalue weighted by Gasteiger charge is 2.65. The minimum Gasteiger partial charge on any atom is -0.459 e. The summed E-state index contributed by atoms with van der Waals surface area (Å²) >= 11 is 0. The van der Waals surface area contributed by atoms with Crippen molar-refractivity contribution in [1.29, 1.82) is 0 Å². The van der Waals surface area contributed by atoms with Crippen LogP contribution < -0.4 is 9.47 Å². The molecule has 2 N–H and O–H groups in total. The van der Waals surface area contributed by atoms with E-state index in [1.807, 2.05) is 42.5 Å². The molecule has 1 aliphatic heterocycles. The molecule has 0 aromatic heterocycles. The maximum atomic E-state index is 15.4. The van der Waals surface area contributed by atoms with Crippen LogP contribution in [0, 0.1) is 17.8 Å². The van der Waals surface area contributed by atoms with Crippen LogP contribution in [0.15, 0.2) is 145 Å². The Labute approximate surface area is 428 Å². The van der Waals surface area contributed by atoms with E-state index < -0.39 is 17.7 Å². The van der Waals surface area contributed by atoms with Gasteiger partial charge in [-0.05, 0) is 107 Å². The average Bonchev–Trinajstić information content (AvgIpc) is 3.41. The predicted molar refractivity (Wildman–Crippen MR) is 290 cm³/mol. The van der Waals surface area contributed by atoms with Gasteiger partial charge in [0.05, 0.1) is 18.2 Å². The van der Waals surface area contributed by atoms with Crippen molar-refractivity contribution in [3.63, 3.8) is 0 Å². The predicted octanol–water partition coefficient (Wildman–Crippen LogP) is 14.5. The van der Waals surface area contributed by atoms with E-state index in [-0.39, 0.29) is 43.5 Å². The molecule has 1 heterocycles. The van der Waals surface area contributed by atoms with E-state index in [2.05, 4.69) is 97.3 Å². The third kappa shape index (κ3) is 12.4. The number of hydrogen-bond donors (Lipinski definition) is 2. The first kappa shape index (κ1) is 52.6.